The smallest absolute Gasteiger partial charge is 0.254 e. The highest BCUT2D eigenvalue weighted by Crippen LogP contribution is 2.06. The van der Waals surface area contributed by atoms with Crippen molar-refractivity contribution in [1.82, 2.24) is 9.97 Å². The van der Waals surface area contributed by atoms with Crippen LogP contribution in [-0.4, -0.2) is 9.97 Å². The number of nitrogens with zero attached hydrogens (tertiary/aromatic N) is 1. The molecule has 0 amide bonds. The number of H-pyrrole nitrogens is 1. The van der Waals surface area contributed by atoms with Crippen LogP contribution in [0, 0.1) is 13.8 Å². The average Bonchev–Trinajstić information content (AvgIpc) is 2.15. The zero-order valence-electron chi connectivity index (χ0n) is 9.89. The summed E-state index contributed by atoms with van der Waals surface area (Å²) in [7, 11) is 0. The topological polar surface area (TPSA) is 45.8 Å². The fourth-order valence-corrected chi connectivity index (χ4v) is 1.77. The molecule has 0 atom stereocenters. The first kappa shape index (κ1) is 12.0. The lowest BCUT2D eigenvalue weighted by molar-refractivity contribution is 0.660. The third-order valence-electron chi connectivity index (χ3n) is 2.62. The monoisotopic (exact) mass is 208 g/mol. The van der Waals surface area contributed by atoms with Gasteiger partial charge in [-0.25, -0.2) is 4.98 Å². The van der Waals surface area contributed by atoms with Crippen molar-refractivity contribution in [2.45, 2.75) is 52.9 Å². The standard InChI is InChI=1S/C12H20N2O/c1-4-5-6-7-8-11-9(2)13-10(3)14-12(11)15/h4-8H2,1-3H3,(H,13,14,15). The maximum absolute atomic E-state index is 11.6. The first-order chi connectivity index (χ1) is 7.15. The van der Waals surface area contributed by atoms with E-state index in [2.05, 4.69) is 16.9 Å². The second-order valence-corrected chi connectivity index (χ2v) is 4.03. The lowest BCUT2D eigenvalue weighted by atomic mass is 10.1. The Kier molecular flexibility index (Phi) is 4.53. The van der Waals surface area contributed by atoms with Crippen molar-refractivity contribution in [2.24, 2.45) is 0 Å². The molecular formula is C12H20N2O. The normalized spacial score (nSPS) is 10.6. The van der Waals surface area contributed by atoms with E-state index in [4.69, 9.17) is 0 Å². The lowest BCUT2D eigenvalue weighted by Gasteiger charge is -2.04. The summed E-state index contributed by atoms with van der Waals surface area (Å²) >= 11 is 0. The van der Waals surface area contributed by atoms with Gasteiger partial charge in [0.15, 0.2) is 0 Å². The molecule has 1 aromatic rings. The lowest BCUT2D eigenvalue weighted by Crippen LogP contribution is -2.17. The molecule has 0 saturated heterocycles. The zero-order chi connectivity index (χ0) is 11.3. The van der Waals surface area contributed by atoms with Gasteiger partial charge in [0.2, 0.25) is 0 Å². The summed E-state index contributed by atoms with van der Waals surface area (Å²) < 4.78 is 0. The van der Waals surface area contributed by atoms with Gasteiger partial charge in [0.05, 0.1) is 0 Å². The quantitative estimate of drug-likeness (QED) is 0.756. The minimum Gasteiger partial charge on any atom is -0.311 e. The van der Waals surface area contributed by atoms with Gasteiger partial charge in [0, 0.05) is 11.3 Å². The van der Waals surface area contributed by atoms with Gasteiger partial charge in [-0.15, -0.1) is 0 Å². The Bertz CT molecular complexity index is 368. The molecule has 0 bridgehead atoms. The van der Waals surface area contributed by atoms with Gasteiger partial charge in [-0.05, 0) is 26.7 Å². The SMILES string of the molecule is CCCCCCc1c(C)nc(C)[nH]c1=O. The molecule has 0 aromatic carbocycles. The maximum atomic E-state index is 11.6. The Morgan fingerprint density at radius 3 is 2.53 bits per heavy atom. The average molecular weight is 208 g/mol. The summed E-state index contributed by atoms with van der Waals surface area (Å²) in [6, 6.07) is 0. The fourth-order valence-electron chi connectivity index (χ4n) is 1.77. The van der Waals surface area contributed by atoms with Crippen LogP contribution < -0.4 is 5.56 Å². The summed E-state index contributed by atoms with van der Waals surface area (Å²) in [5.41, 5.74) is 1.78. The predicted octanol–water partition coefficient (Wildman–Crippen LogP) is 2.51. The number of aromatic nitrogens is 2. The van der Waals surface area contributed by atoms with Crippen LogP contribution in [0.5, 0.6) is 0 Å². The molecule has 1 N–H and O–H groups in total. The molecule has 0 aliphatic rings. The Morgan fingerprint density at radius 1 is 1.20 bits per heavy atom. The van der Waals surface area contributed by atoms with Gasteiger partial charge in [0.1, 0.15) is 5.82 Å². The molecule has 0 saturated carbocycles. The van der Waals surface area contributed by atoms with Crippen LogP contribution in [-0.2, 0) is 6.42 Å². The second-order valence-electron chi connectivity index (χ2n) is 4.03. The number of aromatic amines is 1. The Hall–Kier alpha value is -1.12. The summed E-state index contributed by atoms with van der Waals surface area (Å²) in [5.74, 6) is 0.704. The Morgan fingerprint density at radius 2 is 1.93 bits per heavy atom. The second kappa shape index (κ2) is 5.69. The highest BCUT2D eigenvalue weighted by molar-refractivity contribution is 5.16. The van der Waals surface area contributed by atoms with Crippen LogP contribution >= 0.6 is 0 Å². The van der Waals surface area contributed by atoms with E-state index in [-0.39, 0.29) is 5.56 Å². The predicted molar refractivity (Wildman–Crippen MR) is 62.2 cm³/mol. The minimum absolute atomic E-state index is 0.0384. The molecule has 0 fully saturated rings. The largest absolute Gasteiger partial charge is 0.311 e. The molecule has 0 aliphatic carbocycles. The molecule has 84 valence electrons. The number of unbranched alkanes of at least 4 members (excludes halogenated alkanes) is 3. The van der Waals surface area contributed by atoms with Crippen LogP contribution in [0.4, 0.5) is 0 Å². The molecule has 0 aliphatic heterocycles. The molecule has 3 nitrogen and oxygen atoms in total. The van der Waals surface area contributed by atoms with Crippen molar-refractivity contribution < 1.29 is 0 Å². The van der Waals surface area contributed by atoms with E-state index >= 15 is 0 Å². The van der Waals surface area contributed by atoms with Gasteiger partial charge < -0.3 is 4.98 Å². The van der Waals surface area contributed by atoms with E-state index < -0.39 is 0 Å². The highest BCUT2D eigenvalue weighted by Gasteiger charge is 2.05. The summed E-state index contributed by atoms with van der Waals surface area (Å²) in [6.07, 6.45) is 5.61. The number of nitrogens with one attached hydrogen (secondary N) is 1. The van der Waals surface area contributed by atoms with Crippen LogP contribution in [0.1, 0.15) is 49.7 Å². The number of hydrogen-bond acceptors (Lipinski definition) is 2. The van der Waals surface area contributed by atoms with Crippen molar-refractivity contribution in [2.75, 3.05) is 0 Å². The van der Waals surface area contributed by atoms with Crippen LogP contribution in [0.15, 0.2) is 4.79 Å². The molecule has 1 rings (SSSR count). The molecule has 1 aromatic heterocycles. The van der Waals surface area contributed by atoms with E-state index in [1.54, 1.807) is 0 Å². The van der Waals surface area contributed by atoms with Gasteiger partial charge in [-0.1, -0.05) is 26.2 Å². The molecule has 3 heteroatoms. The first-order valence-electron chi connectivity index (χ1n) is 5.71. The van der Waals surface area contributed by atoms with E-state index in [0.29, 0.717) is 5.82 Å². The van der Waals surface area contributed by atoms with Crippen LogP contribution in [0.2, 0.25) is 0 Å². The van der Waals surface area contributed by atoms with Crippen molar-refractivity contribution >= 4 is 0 Å². The van der Waals surface area contributed by atoms with Crippen molar-refractivity contribution in [3.63, 3.8) is 0 Å². The highest BCUT2D eigenvalue weighted by atomic mass is 16.1. The van der Waals surface area contributed by atoms with Crippen LogP contribution in [0.3, 0.4) is 0 Å². The fraction of sp³-hybridized carbons (Fsp3) is 0.667. The third kappa shape index (κ3) is 3.50. The molecule has 0 radical (unpaired) electrons. The van der Waals surface area contributed by atoms with E-state index in [0.717, 1.165) is 24.1 Å². The molecular weight excluding hydrogens is 188 g/mol. The Balaban J connectivity index is 2.65. The van der Waals surface area contributed by atoms with Gasteiger partial charge in [-0.3, -0.25) is 4.79 Å². The molecule has 1 heterocycles. The number of aryl methyl sites for hydroxylation is 2. The van der Waals surface area contributed by atoms with E-state index in [9.17, 15) is 4.79 Å². The van der Waals surface area contributed by atoms with Gasteiger partial charge >= 0.3 is 0 Å². The van der Waals surface area contributed by atoms with Crippen molar-refractivity contribution in [1.29, 1.82) is 0 Å². The van der Waals surface area contributed by atoms with E-state index in [1.807, 2.05) is 13.8 Å². The molecule has 0 spiro atoms. The van der Waals surface area contributed by atoms with Crippen LogP contribution in [0.25, 0.3) is 0 Å². The molecule has 15 heavy (non-hydrogen) atoms. The number of rotatable bonds is 5. The van der Waals surface area contributed by atoms with E-state index in [1.165, 1.54) is 19.3 Å². The Labute approximate surface area is 91.0 Å². The maximum Gasteiger partial charge on any atom is 0.254 e. The minimum atomic E-state index is 0.0384. The summed E-state index contributed by atoms with van der Waals surface area (Å²) in [4.78, 5) is 18.7. The first-order valence-corrected chi connectivity index (χ1v) is 5.71. The third-order valence-corrected chi connectivity index (χ3v) is 2.62. The summed E-state index contributed by atoms with van der Waals surface area (Å²) in [5, 5.41) is 0. The molecule has 0 unspecified atom stereocenters. The van der Waals surface area contributed by atoms with Gasteiger partial charge in [-0.2, -0.15) is 0 Å². The zero-order valence-corrected chi connectivity index (χ0v) is 9.89. The summed E-state index contributed by atoms with van der Waals surface area (Å²) in [6.45, 7) is 5.91. The van der Waals surface area contributed by atoms with Crippen molar-refractivity contribution in [3.05, 3.63) is 27.4 Å². The number of hydrogen-bond donors (Lipinski definition) is 1. The van der Waals surface area contributed by atoms with Crippen molar-refractivity contribution in [3.8, 4) is 0 Å². The van der Waals surface area contributed by atoms with Gasteiger partial charge in [0.25, 0.3) is 5.56 Å².